The topological polar surface area (TPSA) is 61.4 Å². The van der Waals surface area contributed by atoms with E-state index in [9.17, 15) is 9.59 Å². The lowest BCUT2D eigenvalue weighted by Gasteiger charge is -2.19. The quantitative estimate of drug-likeness (QED) is 0.703. The second kappa shape index (κ2) is 8.91. The monoisotopic (exact) mass is 379 g/mol. The predicted octanol–water partition coefficient (Wildman–Crippen LogP) is 3.31. The van der Waals surface area contributed by atoms with E-state index in [0.717, 1.165) is 24.1 Å². The van der Waals surface area contributed by atoms with Crippen molar-refractivity contribution < 1.29 is 9.59 Å². The third-order valence-electron chi connectivity index (χ3n) is 5.44. The van der Waals surface area contributed by atoms with Gasteiger partial charge in [0.25, 0.3) is 0 Å². The van der Waals surface area contributed by atoms with Crippen molar-refractivity contribution in [2.75, 3.05) is 25.0 Å². The van der Waals surface area contributed by atoms with E-state index < -0.39 is 0 Å². The van der Waals surface area contributed by atoms with Gasteiger partial charge in [-0.25, -0.2) is 0 Å². The number of rotatable bonds is 9. The number of carbonyl (C=O) groups excluding carboxylic acids is 2. The molecule has 2 aromatic rings. The fourth-order valence-electron chi connectivity index (χ4n) is 3.47. The fraction of sp³-hybridized carbons (Fsp3) is 0.391. The summed E-state index contributed by atoms with van der Waals surface area (Å²) in [7, 11) is 0. The summed E-state index contributed by atoms with van der Waals surface area (Å²) in [5, 5.41) is 6.26. The van der Waals surface area contributed by atoms with Crippen LogP contribution in [0.25, 0.3) is 0 Å². The zero-order valence-electron chi connectivity index (χ0n) is 16.7. The van der Waals surface area contributed by atoms with Gasteiger partial charge in [0.15, 0.2) is 0 Å². The van der Waals surface area contributed by atoms with E-state index in [-0.39, 0.29) is 23.8 Å². The Labute approximate surface area is 167 Å². The molecule has 0 aliphatic heterocycles. The van der Waals surface area contributed by atoms with Gasteiger partial charge in [-0.05, 0) is 43.0 Å². The Kier molecular flexibility index (Phi) is 6.34. The van der Waals surface area contributed by atoms with Crippen LogP contribution in [0.4, 0.5) is 5.69 Å². The Morgan fingerprint density at radius 2 is 1.82 bits per heavy atom. The Hall–Kier alpha value is -2.82. The minimum absolute atomic E-state index is 0.00784. The van der Waals surface area contributed by atoms with Crippen molar-refractivity contribution >= 4 is 17.5 Å². The number of hydrogen-bond acceptors (Lipinski definition) is 3. The highest BCUT2D eigenvalue weighted by atomic mass is 16.2. The van der Waals surface area contributed by atoms with Crippen molar-refractivity contribution in [3.05, 3.63) is 65.7 Å². The highest BCUT2D eigenvalue weighted by Gasteiger charge is 2.44. The second-order valence-electron chi connectivity index (χ2n) is 7.51. The molecule has 0 saturated heterocycles. The fourth-order valence-corrected chi connectivity index (χ4v) is 3.47. The minimum atomic E-state index is -0.00784. The maximum absolute atomic E-state index is 12.3. The molecule has 1 saturated carbocycles. The molecule has 148 valence electrons. The molecule has 2 amide bonds. The molecular formula is C23H29N3O2. The molecule has 0 heterocycles. The number of benzene rings is 2. The zero-order valence-corrected chi connectivity index (χ0v) is 16.7. The molecule has 1 fully saturated rings. The van der Waals surface area contributed by atoms with Crippen LogP contribution < -0.4 is 10.6 Å². The maximum atomic E-state index is 12.3. The maximum Gasteiger partial charge on any atom is 0.239 e. The average Bonchev–Trinajstić information content (AvgIpc) is 3.51. The summed E-state index contributed by atoms with van der Waals surface area (Å²) in [5.74, 6) is 0.0548. The van der Waals surface area contributed by atoms with Crippen LogP contribution in [0.15, 0.2) is 54.6 Å². The van der Waals surface area contributed by atoms with E-state index in [2.05, 4.69) is 34.9 Å². The summed E-state index contributed by atoms with van der Waals surface area (Å²) in [5.41, 5.74) is 3.36. The summed E-state index contributed by atoms with van der Waals surface area (Å²) in [4.78, 5) is 25.7. The first-order chi connectivity index (χ1) is 13.5. The molecule has 28 heavy (non-hydrogen) atoms. The zero-order chi connectivity index (χ0) is 20.0. The van der Waals surface area contributed by atoms with Gasteiger partial charge in [-0.3, -0.25) is 9.59 Å². The van der Waals surface area contributed by atoms with Gasteiger partial charge >= 0.3 is 0 Å². The van der Waals surface area contributed by atoms with E-state index >= 15 is 0 Å². The van der Waals surface area contributed by atoms with Gasteiger partial charge in [0.05, 0.1) is 6.54 Å². The number of carbonyl (C=O) groups is 2. The summed E-state index contributed by atoms with van der Waals surface area (Å²) >= 11 is 0. The van der Waals surface area contributed by atoms with Crippen molar-refractivity contribution in [2.45, 2.75) is 38.6 Å². The van der Waals surface area contributed by atoms with Crippen LogP contribution >= 0.6 is 0 Å². The minimum Gasteiger partial charge on any atom is -0.376 e. The van der Waals surface area contributed by atoms with E-state index in [1.54, 1.807) is 11.8 Å². The van der Waals surface area contributed by atoms with Crippen LogP contribution in [-0.4, -0.2) is 36.3 Å². The molecule has 5 nitrogen and oxygen atoms in total. The molecule has 2 aromatic carbocycles. The molecule has 0 atom stereocenters. The van der Waals surface area contributed by atoms with Crippen molar-refractivity contribution in [1.82, 2.24) is 10.2 Å². The molecule has 1 aliphatic rings. The Balaban J connectivity index is 1.48. The first kappa shape index (κ1) is 19.9. The normalized spacial score (nSPS) is 14.2. The number of amides is 2. The van der Waals surface area contributed by atoms with E-state index in [1.807, 2.05) is 37.3 Å². The van der Waals surface area contributed by atoms with Crippen LogP contribution in [0.1, 0.15) is 37.8 Å². The van der Waals surface area contributed by atoms with Crippen LogP contribution in [0.2, 0.25) is 0 Å². The highest BCUT2D eigenvalue weighted by Crippen LogP contribution is 2.47. The first-order valence-corrected chi connectivity index (χ1v) is 9.93. The third-order valence-corrected chi connectivity index (χ3v) is 5.44. The van der Waals surface area contributed by atoms with Gasteiger partial charge in [0.1, 0.15) is 0 Å². The largest absolute Gasteiger partial charge is 0.376 e. The number of anilines is 1. The molecule has 0 aromatic heterocycles. The lowest BCUT2D eigenvalue weighted by Crippen LogP contribution is -2.36. The van der Waals surface area contributed by atoms with Gasteiger partial charge < -0.3 is 15.5 Å². The third kappa shape index (κ3) is 5.12. The van der Waals surface area contributed by atoms with Crippen LogP contribution in [-0.2, 0) is 21.5 Å². The molecule has 1 aliphatic carbocycles. The average molecular weight is 380 g/mol. The van der Waals surface area contributed by atoms with Gasteiger partial charge in [-0.15, -0.1) is 0 Å². The molecule has 0 bridgehead atoms. The van der Waals surface area contributed by atoms with Crippen LogP contribution in [0.5, 0.6) is 0 Å². The number of nitrogens with zero attached hydrogens (tertiary/aromatic N) is 1. The van der Waals surface area contributed by atoms with Crippen molar-refractivity contribution in [1.29, 1.82) is 0 Å². The van der Waals surface area contributed by atoms with Gasteiger partial charge in [0.2, 0.25) is 11.8 Å². The Bertz CT molecular complexity index is 816. The van der Waals surface area contributed by atoms with Crippen molar-refractivity contribution in [3.8, 4) is 0 Å². The summed E-state index contributed by atoms with van der Waals surface area (Å²) < 4.78 is 0. The van der Waals surface area contributed by atoms with Gasteiger partial charge in [-0.2, -0.15) is 0 Å². The molecule has 3 rings (SSSR count). The molecule has 0 unspecified atom stereocenters. The SMILES string of the molecule is CCN(Cc1cccc(NCC(=O)NCC2(c3ccccc3)CC2)c1)C(C)=O. The number of nitrogens with one attached hydrogen (secondary N) is 2. The van der Waals surface area contributed by atoms with Crippen LogP contribution in [0.3, 0.4) is 0 Å². The van der Waals surface area contributed by atoms with Crippen LogP contribution in [0, 0.1) is 0 Å². The smallest absolute Gasteiger partial charge is 0.239 e. The second-order valence-corrected chi connectivity index (χ2v) is 7.51. The summed E-state index contributed by atoms with van der Waals surface area (Å²) in [6.45, 7) is 5.72. The van der Waals surface area contributed by atoms with E-state index in [1.165, 1.54) is 5.56 Å². The summed E-state index contributed by atoms with van der Waals surface area (Å²) in [6, 6.07) is 18.3. The molecule has 5 heteroatoms. The first-order valence-electron chi connectivity index (χ1n) is 9.93. The lowest BCUT2D eigenvalue weighted by molar-refractivity contribution is -0.129. The Morgan fingerprint density at radius 1 is 1.07 bits per heavy atom. The molecular weight excluding hydrogens is 350 g/mol. The van der Waals surface area contributed by atoms with E-state index in [0.29, 0.717) is 19.6 Å². The standard InChI is InChI=1S/C23H29N3O2/c1-3-26(18(2)27)16-19-8-7-11-21(14-19)24-15-22(28)25-17-23(12-13-23)20-9-5-4-6-10-20/h4-11,14,24H,3,12-13,15-17H2,1-2H3,(H,25,28). The highest BCUT2D eigenvalue weighted by molar-refractivity contribution is 5.81. The summed E-state index contributed by atoms with van der Waals surface area (Å²) in [6.07, 6.45) is 2.24. The molecule has 2 N–H and O–H groups in total. The van der Waals surface area contributed by atoms with Crippen molar-refractivity contribution in [3.63, 3.8) is 0 Å². The van der Waals surface area contributed by atoms with E-state index in [4.69, 9.17) is 0 Å². The van der Waals surface area contributed by atoms with Gasteiger partial charge in [-0.1, -0.05) is 42.5 Å². The molecule has 0 radical (unpaired) electrons. The Morgan fingerprint density at radius 3 is 2.46 bits per heavy atom. The number of hydrogen-bond donors (Lipinski definition) is 2. The predicted molar refractivity (Wildman–Crippen MR) is 112 cm³/mol. The van der Waals surface area contributed by atoms with Crippen molar-refractivity contribution in [2.24, 2.45) is 0 Å². The van der Waals surface area contributed by atoms with Gasteiger partial charge in [0, 0.05) is 37.7 Å². The molecule has 0 spiro atoms. The lowest BCUT2D eigenvalue weighted by atomic mass is 9.96.